The van der Waals surface area contributed by atoms with E-state index in [-0.39, 0.29) is 0 Å². The maximum Gasteiger partial charge on any atom is 0.0991 e. The molecule has 88 valence electrons. The van der Waals surface area contributed by atoms with E-state index < -0.39 is 0 Å². The molecule has 1 N–H and O–H groups in total. The summed E-state index contributed by atoms with van der Waals surface area (Å²) >= 11 is 0. The third-order valence-electron chi connectivity index (χ3n) is 1.95. The fourth-order valence-corrected chi connectivity index (χ4v) is 1.13. The van der Waals surface area contributed by atoms with Gasteiger partial charge in [0.1, 0.15) is 0 Å². The van der Waals surface area contributed by atoms with Gasteiger partial charge in [0, 0.05) is 19.8 Å². The average molecular weight is 228 g/mol. The summed E-state index contributed by atoms with van der Waals surface area (Å²) in [6.45, 7) is 0.640. The Morgan fingerprint density at radius 2 is 2.06 bits per heavy atom. The molecule has 1 aromatic rings. The highest BCUT2D eigenvalue weighted by molar-refractivity contribution is 5.75. The molecule has 0 radical (unpaired) electrons. The highest BCUT2D eigenvalue weighted by Gasteiger charge is 1.89. The molecule has 0 atom stereocenters. The molecule has 0 heterocycles. The normalized spacial score (nSPS) is 10.6. The van der Waals surface area contributed by atoms with E-state index >= 15 is 0 Å². The molecule has 0 fully saturated rings. The van der Waals surface area contributed by atoms with Crippen molar-refractivity contribution in [2.24, 2.45) is 4.99 Å². The van der Waals surface area contributed by atoms with Crippen LogP contribution in [-0.4, -0.2) is 31.9 Å². The summed E-state index contributed by atoms with van der Waals surface area (Å²) in [6, 6.07) is 9.30. The average Bonchev–Trinajstić information content (AvgIpc) is 2.34. The first-order valence-electron chi connectivity index (χ1n) is 5.30. The van der Waals surface area contributed by atoms with Crippen LogP contribution in [0.2, 0.25) is 0 Å². The second-order valence-corrected chi connectivity index (χ2v) is 3.68. The van der Waals surface area contributed by atoms with E-state index in [1.807, 2.05) is 43.4 Å². The molecule has 0 saturated carbocycles. The zero-order valence-corrected chi connectivity index (χ0v) is 10.1. The van der Waals surface area contributed by atoms with Gasteiger partial charge >= 0.3 is 0 Å². The van der Waals surface area contributed by atoms with E-state index in [0.29, 0.717) is 12.1 Å². The molecule has 0 saturated heterocycles. The second kappa shape index (κ2) is 7.07. The van der Waals surface area contributed by atoms with E-state index in [9.17, 15) is 0 Å². The predicted octanol–water partition coefficient (Wildman–Crippen LogP) is 2.07. The fourth-order valence-electron chi connectivity index (χ4n) is 1.13. The summed E-state index contributed by atoms with van der Waals surface area (Å²) in [5.41, 5.74) is 1.57. The van der Waals surface area contributed by atoms with Crippen LogP contribution in [0.4, 0.5) is 5.69 Å². The smallest absolute Gasteiger partial charge is 0.0991 e. The summed E-state index contributed by atoms with van der Waals surface area (Å²) in [5.74, 6) is 0. The monoisotopic (exact) mass is 228 g/mol. The lowest BCUT2D eigenvalue weighted by molar-refractivity contribution is 0.562. The number of rotatable bonds is 5. The molecule has 4 nitrogen and oxygen atoms in total. The Labute approximate surface area is 102 Å². The maximum absolute atomic E-state index is 8.64. The minimum atomic E-state index is 0.640. The highest BCUT2D eigenvalue weighted by Crippen LogP contribution is 2.07. The van der Waals surface area contributed by atoms with Crippen molar-refractivity contribution in [1.82, 2.24) is 4.90 Å². The molecule has 0 bridgehead atoms. The second-order valence-electron chi connectivity index (χ2n) is 3.68. The van der Waals surface area contributed by atoms with Gasteiger partial charge in [-0.3, -0.25) is 4.99 Å². The minimum absolute atomic E-state index is 0.640. The number of nitriles is 1. The molecule has 1 rings (SSSR count). The molecule has 0 spiro atoms. The van der Waals surface area contributed by atoms with E-state index in [1.54, 1.807) is 18.5 Å². The number of hydrogen-bond donors (Lipinski definition) is 1. The first-order valence-corrected chi connectivity index (χ1v) is 5.30. The first-order chi connectivity index (χ1) is 8.22. The molecule has 0 amide bonds. The van der Waals surface area contributed by atoms with Crippen molar-refractivity contribution in [3.05, 3.63) is 42.1 Å². The lowest BCUT2D eigenvalue weighted by atomic mass is 10.2. The number of nitrogens with one attached hydrogen (secondary N) is 1. The Kier molecular flexibility index (Phi) is 5.32. The van der Waals surface area contributed by atoms with Crippen LogP contribution in [0.25, 0.3) is 0 Å². The maximum atomic E-state index is 8.64. The van der Waals surface area contributed by atoms with Crippen LogP contribution >= 0.6 is 0 Å². The minimum Gasteiger partial charge on any atom is -0.384 e. The van der Waals surface area contributed by atoms with Crippen molar-refractivity contribution in [1.29, 1.82) is 5.26 Å². The Hall–Kier alpha value is -2.28. The van der Waals surface area contributed by atoms with E-state index in [4.69, 9.17) is 5.26 Å². The summed E-state index contributed by atoms with van der Waals surface area (Å²) in [4.78, 5) is 6.13. The van der Waals surface area contributed by atoms with Crippen LogP contribution in [0, 0.1) is 11.3 Å². The van der Waals surface area contributed by atoms with Crippen LogP contribution in [0.5, 0.6) is 0 Å². The van der Waals surface area contributed by atoms with Crippen LogP contribution in [-0.2, 0) is 0 Å². The van der Waals surface area contributed by atoms with Crippen molar-refractivity contribution in [3.8, 4) is 6.07 Å². The van der Waals surface area contributed by atoms with Gasteiger partial charge in [0.2, 0.25) is 0 Å². The van der Waals surface area contributed by atoms with Crippen molar-refractivity contribution in [2.45, 2.75) is 0 Å². The summed E-state index contributed by atoms with van der Waals surface area (Å²) in [6.07, 6.45) is 5.58. The zero-order chi connectivity index (χ0) is 12.5. The van der Waals surface area contributed by atoms with E-state index in [2.05, 4.69) is 16.4 Å². The lowest BCUT2D eigenvalue weighted by Crippen LogP contribution is -2.00. The van der Waals surface area contributed by atoms with Gasteiger partial charge in [-0.05, 0) is 36.5 Å². The summed E-state index contributed by atoms with van der Waals surface area (Å²) in [5, 5.41) is 11.7. The Morgan fingerprint density at radius 3 is 2.65 bits per heavy atom. The van der Waals surface area contributed by atoms with Crippen molar-refractivity contribution < 1.29 is 0 Å². The summed E-state index contributed by atoms with van der Waals surface area (Å²) < 4.78 is 0. The van der Waals surface area contributed by atoms with Crippen molar-refractivity contribution in [3.63, 3.8) is 0 Å². The molecule has 0 aliphatic carbocycles. The van der Waals surface area contributed by atoms with Crippen LogP contribution in [0.15, 0.2) is 41.5 Å². The molecule has 17 heavy (non-hydrogen) atoms. The first kappa shape index (κ1) is 12.8. The van der Waals surface area contributed by atoms with Gasteiger partial charge in [-0.1, -0.05) is 0 Å². The van der Waals surface area contributed by atoms with Crippen molar-refractivity contribution in [2.75, 3.05) is 26.0 Å². The SMILES string of the molecule is CN(C)/C=C\CN=CNc1ccc(C#N)cc1. The van der Waals surface area contributed by atoms with Crippen LogP contribution in [0.1, 0.15) is 5.56 Å². The largest absolute Gasteiger partial charge is 0.384 e. The number of anilines is 1. The van der Waals surface area contributed by atoms with E-state index in [1.165, 1.54) is 0 Å². The van der Waals surface area contributed by atoms with Gasteiger partial charge in [0.05, 0.1) is 24.5 Å². The van der Waals surface area contributed by atoms with Gasteiger partial charge in [-0.15, -0.1) is 0 Å². The Balaban J connectivity index is 2.35. The molecular weight excluding hydrogens is 212 g/mol. The summed E-state index contributed by atoms with van der Waals surface area (Å²) in [7, 11) is 3.93. The lowest BCUT2D eigenvalue weighted by Gasteiger charge is -2.01. The fraction of sp³-hybridized carbons (Fsp3) is 0.231. The van der Waals surface area contributed by atoms with Gasteiger partial charge in [0.25, 0.3) is 0 Å². The van der Waals surface area contributed by atoms with Gasteiger partial charge in [-0.25, -0.2) is 0 Å². The predicted molar refractivity (Wildman–Crippen MR) is 71.0 cm³/mol. The van der Waals surface area contributed by atoms with Gasteiger partial charge < -0.3 is 10.2 Å². The topological polar surface area (TPSA) is 51.4 Å². The molecule has 1 aromatic carbocycles. The number of aliphatic imine (C=N–C) groups is 1. The molecular formula is C13H16N4. The molecule has 0 aromatic heterocycles. The number of benzene rings is 1. The van der Waals surface area contributed by atoms with Crippen LogP contribution < -0.4 is 5.32 Å². The quantitative estimate of drug-likeness (QED) is 0.620. The van der Waals surface area contributed by atoms with Gasteiger partial charge in [0.15, 0.2) is 0 Å². The standard InChI is InChI=1S/C13H16N4/c1-17(2)9-3-8-15-11-16-13-6-4-12(10-14)5-7-13/h3-7,9,11H,8H2,1-2H3,(H,15,16)/b9-3-. The highest BCUT2D eigenvalue weighted by atomic mass is 15.0. The Bertz CT molecular complexity index is 424. The molecule has 0 aliphatic rings. The number of nitrogens with zero attached hydrogens (tertiary/aromatic N) is 3. The molecule has 0 unspecified atom stereocenters. The molecule has 4 heteroatoms. The third kappa shape index (κ3) is 5.38. The number of hydrogen-bond acceptors (Lipinski definition) is 3. The third-order valence-corrected chi connectivity index (χ3v) is 1.95. The van der Waals surface area contributed by atoms with Crippen LogP contribution in [0.3, 0.4) is 0 Å². The Morgan fingerprint density at radius 1 is 1.35 bits per heavy atom. The molecule has 0 aliphatic heterocycles. The van der Waals surface area contributed by atoms with Gasteiger partial charge in [-0.2, -0.15) is 5.26 Å². The van der Waals surface area contributed by atoms with E-state index in [0.717, 1.165) is 5.69 Å². The zero-order valence-electron chi connectivity index (χ0n) is 10.1. The van der Waals surface area contributed by atoms with Crippen molar-refractivity contribution >= 4 is 12.0 Å².